The number of benzene rings is 1. The molecule has 2 unspecified atom stereocenters. The lowest BCUT2D eigenvalue weighted by Gasteiger charge is -2.37. The summed E-state index contributed by atoms with van der Waals surface area (Å²) in [4.78, 5) is 2.51. The number of hydrogen-bond donors (Lipinski definition) is 1. The molecule has 2 atom stereocenters. The van der Waals surface area contributed by atoms with Crippen molar-refractivity contribution in [2.45, 2.75) is 32.4 Å². The van der Waals surface area contributed by atoms with Gasteiger partial charge in [-0.1, -0.05) is 18.2 Å². The van der Waals surface area contributed by atoms with Gasteiger partial charge in [-0.15, -0.1) is 0 Å². The number of nitrogens with zero attached hydrogens (tertiary/aromatic N) is 3. The van der Waals surface area contributed by atoms with Gasteiger partial charge >= 0.3 is 0 Å². The molecular weight excluding hydrogens is 260 g/mol. The van der Waals surface area contributed by atoms with E-state index in [4.69, 9.17) is 10.8 Å². The third-order valence-corrected chi connectivity index (χ3v) is 4.47. The molecule has 21 heavy (non-hydrogen) atoms. The van der Waals surface area contributed by atoms with Gasteiger partial charge in [0, 0.05) is 25.3 Å². The monoisotopic (exact) mass is 284 g/mol. The summed E-state index contributed by atoms with van der Waals surface area (Å²) in [5.41, 5.74) is 8.07. The van der Waals surface area contributed by atoms with Crippen molar-refractivity contribution in [3.05, 3.63) is 48.3 Å². The lowest BCUT2D eigenvalue weighted by molar-refractivity contribution is 0.112. The van der Waals surface area contributed by atoms with E-state index in [2.05, 4.69) is 30.0 Å². The van der Waals surface area contributed by atoms with Crippen LogP contribution in [0.25, 0.3) is 5.69 Å². The van der Waals surface area contributed by atoms with Crippen LogP contribution in [0.15, 0.2) is 42.6 Å². The van der Waals surface area contributed by atoms with E-state index >= 15 is 0 Å². The van der Waals surface area contributed by atoms with Crippen LogP contribution < -0.4 is 5.73 Å². The average Bonchev–Trinajstić information content (AvgIpc) is 2.99. The molecule has 112 valence electrons. The Morgan fingerprint density at radius 2 is 2.00 bits per heavy atom. The summed E-state index contributed by atoms with van der Waals surface area (Å²) in [5, 5.41) is 4.70. The second-order valence-corrected chi connectivity index (χ2v) is 6.04. The first-order valence-electron chi connectivity index (χ1n) is 7.80. The minimum Gasteiger partial charge on any atom is -0.330 e. The van der Waals surface area contributed by atoms with E-state index in [1.165, 1.54) is 12.8 Å². The number of para-hydroxylation sites is 1. The fraction of sp³-hybridized carbons (Fsp3) is 0.471. The predicted octanol–water partition coefficient (Wildman–Crippen LogP) is 2.43. The van der Waals surface area contributed by atoms with Crippen molar-refractivity contribution in [2.75, 3.05) is 13.1 Å². The zero-order chi connectivity index (χ0) is 14.7. The maximum atomic E-state index is 5.84. The normalized spacial score (nSPS) is 23.3. The molecule has 1 saturated heterocycles. The molecule has 1 aromatic carbocycles. The Hall–Kier alpha value is -1.65. The van der Waals surface area contributed by atoms with Gasteiger partial charge in [-0.2, -0.15) is 5.10 Å². The van der Waals surface area contributed by atoms with Crippen LogP contribution in [0, 0.1) is 5.92 Å². The highest BCUT2D eigenvalue weighted by Crippen LogP contribution is 2.22. The summed E-state index contributed by atoms with van der Waals surface area (Å²) in [6.45, 7) is 5.11. The molecule has 2 aromatic rings. The molecular formula is C17H24N4. The zero-order valence-electron chi connectivity index (χ0n) is 12.7. The van der Waals surface area contributed by atoms with Gasteiger partial charge in [0.25, 0.3) is 0 Å². The van der Waals surface area contributed by atoms with Crippen LogP contribution in [0.3, 0.4) is 0 Å². The van der Waals surface area contributed by atoms with E-state index in [1.54, 1.807) is 0 Å². The number of piperidine rings is 1. The van der Waals surface area contributed by atoms with Crippen molar-refractivity contribution in [3.63, 3.8) is 0 Å². The molecule has 1 aromatic heterocycles. The van der Waals surface area contributed by atoms with Gasteiger partial charge < -0.3 is 5.73 Å². The largest absolute Gasteiger partial charge is 0.330 e. The minimum absolute atomic E-state index is 0.620. The van der Waals surface area contributed by atoms with Crippen molar-refractivity contribution < 1.29 is 0 Å². The highest BCUT2D eigenvalue weighted by atomic mass is 15.3. The van der Waals surface area contributed by atoms with Gasteiger partial charge in [0.05, 0.1) is 11.4 Å². The first kappa shape index (κ1) is 14.3. The van der Waals surface area contributed by atoms with Gasteiger partial charge in [0.2, 0.25) is 0 Å². The Balaban J connectivity index is 1.69. The molecule has 2 heterocycles. The number of hydrogen-bond acceptors (Lipinski definition) is 3. The summed E-state index contributed by atoms with van der Waals surface area (Å²) in [5.74, 6) is 0.636. The SMILES string of the molecule is CC1CCC(CN)CN1Cc1ccn(-c2ccccc2)n1. The zero-order valence-corrected chi connectivity index (χ0v) is 12.7. The first-order chi connectivity index (χ1) is 10.3. The fourth-order valence-electron chi connectivity index (χ4n) is 3.05. The maximum Gasteiger partial charge on any atom is 0.0769 e. The molecule has 0 radical (unpaired) electrons. The Kier molecular flexibility index (Phi) is 4.36. The quantitative estimate of drug-likeness (QED) is 0.938. The third-order valence-electron chi connectivity index (χ3n) is 4.47. The van der Waals surface area contributed by atoms with Crippen molar-refractivity contribution in [3.8, 4) is 5.69 Å². The van der Waals surface area contributed by atoms with Gasteiger partial charge in [0.1, 0.15) is 0 Å². The molecule has 0 aliphatic carbocycles. The lowest BCUT2D eigenvalue weighted by Crippen LogP contribution is -2.43. The fourth-order valence-corrected chi connectivity index (χ4v) is 3.05. The molecule has 4 heteroatoms. The Bertz CT molecular complexity index is 563. The molecule has 0 amide bonds. The van der Waals surface area contributed by atoms with Crippen molar-refractivity contribution >= 4 is 0 Å². The van der Waals surface area contributed by atoms with Crippen LogP contribution in [0.1, 0.15) is 25.5 Å². The van der Waals surface area contributed by atoms with Crippen LogP contribution in [0.2, 0.25) is 0 Å². The summed E-state index contributed by atoms with van der Waals surface area (Å²) in [7, 11) is 0. The highest BCUT2D eigenvalue weighted by Gasteiger charge is 2.25. The third kappa shape index (κ3) is 3.34. The summed E-state index contributed by atoms with van der Waals surface area (Å²) >= 11 is 0. The Labute approximate surface area is 126 Å². The molecule has 4 nitrogen and oxygen atoms in total. The van der Waals surface area contributed by atoms with Gasteiger partial charge in [-0.25, -0.2) is 4.68 Å². The molecule has 2 N–H and O–H groups in total. The molecule has 1 aliphatic rings. The Morgan fingerprint density at radius 3 is 2.76 bits per heavy atom. The highest BCUT2D eigenvalue weighted by molar-refractivity contribution is 5.30. The maximum absolute atomic E-state index is 5.84. The minimum atomic E-state index is 0.620. The van der Waals surface area contributed by atoms with Crippen LogP contribution in [0.4, 0.5) is 0 Å². The van der Waals surface area contributed by atoms with Gasteiger partial charge in [-0.05, 0) is 50.4 Å². The van der Waals surface area contributed by atoms with Crippen LogP contribution in [-0.2, 0) is 6.54 Å². The second-order valence-electron chi connectivity index (χ2n) is 6.04. The molecule has 1 fully saturated rings. The standard InChI is InChI=1S/C17H24N4/c1-14-7-8-15(11-18)12-20(14)13-16-9-10-21(19-16)17-5-3-2-4-6-17/h2-6,9-10,14-15H,7-8,11-13,18H2,1H3. The molecule has 0 bridgehead atoms. The topological polar surface area (TPSA) is 47.1 Å². The first-order valence-corrected chi connectivity index (χ1v) is 7.80. The average molecular weight is 284 g/mol. The van der Waals surface area contributed by atoms with E-state index in [0.29, 0.717) is 12.0 Å². The van der Waals surface area contributed by atoms with Crippen LogP contribution >= 0.6 is 0 Å². The van der Waals surface area contributed by atoms with Crippen LogP contribution in [0.5, 0.6) is 0 Å². The number of rotatable bonds is 4. The van der Waals surface area contributed by atoms with Crippen LogP contribution in [-0.4, -0.2) is 33.8 Å². The molecule has 0 saturated carbocycles. The Morgan fingerprint density at radius 1 is 1.19 bits per heavy atom. The summed E-state index contributed by atoms with van der Waals surface area (Å²) < 4.78 is 1.95. The summed E-state index contributed by atoms with van der Waals surface area (Å²) in [6, 6.07) is 13.0. The number of nitrogens with two attached hydrogens (primary N) is 1. The van der Waals surface area contributed by atoms with Gasteiger partial charge in [-0.3, -0.25) is 4.90 Å². The predicted molar refractivity (Wildman–Crippen MR) is 85.2 cm³/mol. The van der Waals surface area contributed by atoms with E-state index in [0.717, 1.165) is 31.0 Å². The van der Waals surface area contributed by atoms with Gasteiger partial charge in [0.15, 0.2) is 0 Å². The van der Waals surface area contributed by atoms with E-state index in [1.807, 2.05) is 29.1 Å². The molecule has 0 spiro atoms. The second kappa shape index (κ2) is 6.41. The smallest absolute Gasteiger partial charge is 0.0769 e. The molecule has 3 rings (SSSR count). The van der Waals surface area contributed by atoms with Crippen molar-refractivity contribution in [1.29, 1.82) is 0 Å². The number of likely N-dealkylation sites (tertiary alicyclic amines) is 1. The van der Waals surface area contributed by atoms with Crippen molar-refractivity contribution in [1.82, 2.24) is 14.7 Å². The summed E-state index contributed by atoms with van der Waals surface area (Å²) in [6.07, 6.45) is 4.54. The van der Waals surface area contributed by atoms with E-state index in [-0.39, 0.29) is 0 Å². The lowest BCUT2D eigenvalue weighted by atomic mass is 9.93. The molecule has 1 aliphatic heterocycles. The van der Waals surface area contributed by atoms with E-state index in [9.17, 15) is 0 Å². The van der Waals surface area contributed by atoms with E-state index < -0.39 is 0 Å². The van der Waals surface area contributed by atoms with Crippen molar-refractivity contribution in [2.24, 2.45) is 11.7 Å². The number of aromatic nitrogens is 2.